The van der Waals surface area contributed by atoms with Crippen molar-refractivity contribution in [1.82, 2.24) is 9.80 Å². The second kappa shape index (κ2) is 9.41. The minimum absolute atomic E-state index is 0.0759. The second-order valence-corrected chi connectivity index (χ2v) is 8.22. The Morgan fingerprint density at radius 3 is 2.50 bits per heavy atom. The van der Waals surface area contributed by atoms with Crippen LogP contribution in [0.5, 0.6) is 0 Å². The van der Waals surface area contributed by atoms with Crippen LogP contribution in [0.15, 0.2) is 18.2 Å². The molecule has 1 amide bonds. The number of benzene rings is 1. The van der Waals surface area contributed by atoms with Gasteiger partial charge >= 0.3 is 12.3 Å². The highest BCUT2D eigenvalue weighted by molar-refractivity contribution is 5.68. The molecule has 2 fully saturated rings. The van der Waals surface area contributed by atoms with Crippen LogP contribution in [0.25, 0.3) is 0 Å². The summed E-state index contributed by atoms with van der Waals surface area (Å²) in [6.07, 6.45) is -6.76. The van der Waals surface area contributed by atoms with Gasteiger partial charge in [-0.15, -0.1) is 0 Å². The highest BCUT2D eigenvalue weighted by Gasteiger charge is 2.40. The monoisotopic (exact) mass is 431 g/mol. The van der Waals surface area contributed by atoms with Gasteiger partial charge in [-0.25, -0.2) is 4.79 Å². The van der Waals surface area contributed by atoms with Crippen molar-refractivity contribution in [2.24, 2.45) is 5.92 Å². The highest BCUT2D eigenvalue weighted by atomic mass is 19.4. The fourth-order valence-corrected chi connectivity index (χ4v) is 3.90. The Morgan fingerprint density at radius 1 is 1.20 bits per heavy atom. The van der Waals surface area contributed by atoms with E-state index >= 15 is 0 Å². The first-order valence-corrected chi connectivity index (χ1v) is 10.3. The van der Waals surface area contributed by atoms with Crippen molar-refractivity contribution in [3.8, 4) is 0 Å². The van der Waals surface area contributed by atoms with E-state index < -0.39 is 18.4 Å². The third kappa shape index (κ3) is 5.56. The molecular weight excluding hydrogens is 402 g/mol. The lowest BCUT2D eigenvalue weighted by Crippen LogP contribution is -2.49. The van der Waals surface area contributed by atoms with E-state index in [1.807, 2.05) is 13.0 Å². The number of nitrogens with zero attached hydrogens (tertiary/aromatic N) is 3. The molecule has 1 unspecified atom stereocenters. The van der Waals surface area contributed by atoms with Crippen LogP contribution in [0.3, 0.4) is 0 Å². The van der Waals surface area contributed by atoms with E-state index in [-0.39, 0.29) is 12.6 Å². The molecule has 9 heteroatoms. The van der Waals surface area contributed by atoms with Gasteiger partial charge in [0.05, 0.1) is 6.67 Å². The SMILES string of the molecule is Cc1ccc(CN2CCN(C(=O)OC(C)C(F)(F)F)CC2)c(N2CC[C@H](CF)C2)c1. The number of amides is 1. The number of aryl methyl sites for hydroxylation is 1. The lowest BCUT2D eigenvalue weighted by molar-refractivity contribution is -0.200. The number of halogens is 4. The molecule has 0 spiro atoms. The lowest BCUT2D eigenvalue weighted by atomic mass is 10.1. The van der Waals surface area contributed by atoms with Crippen molar-refractivity contribution in [2.75, 3.05) is 50.8 Å². The normalized spacial score (nSPS) is 21.7. The lowest BCUT2D eigenvalue weighted by Gasteiger charge is -2.35. The molecule has 0 N–H and O–H groups in total. The van der Waals surface area contributed by atoms with Gasteiger partial charge in [-0.05, 0) is 37.5 Å². The second-order valence-electron chi connectivity index (χ2n) is 8.22. The van der Waals surface area contributed by atoms with Gasteiger partial charge in [-0.2, -0.15) is 13.2 Å². The average molecular weight is 431 g/mol. The summed E-state index contributed by atoms with van der Waals surface area (Å²) in [5.74, 6) is 0.0759. The molecule has 2 atom stereocenters. The maximum atomic E-state index is 13.0. The molecule has 0 aromatic heterocycles. The highest BCUT2D eigenvalue weighted by Crippen LogP contribution is 2.30. The molecule has 2 heterocycles. The van der Waals surface area contributed by atoms with Crippen LogP contribution in [0.2, 0.25) is 0 Å². The summed E-state index contributed by atoms with van der Waals surface area (Å²) < 4.78 is 55.4. The fourth-order valence-electron chi connectivity index (χ4n) is 3.90. The van der Waals surface area contributed by atoms with Crippen molar-refractivity contribution >= 4 is 11.8 Å². The molecule has 5 nitrogen and oxygen atoms in total. The van der Waals surface area contributed by atoms with Crippen molar-refractivity contribution in [1.29, 1.82) is 0 Å². The zero-order valence-corrected chi connectivity index (χ0v) is 17.4. The van der Waals surface area contributed by atoms with E-state index in [0.717, 1.165) is 36.7 Å². The van der Waals surface area contributed by atoms with Crippen molar-refractivity contribution in [2.45, 2.75) is 39.1 Å². The van der Waals surface area contributed by atoms with Gasteiger partial charge < -0.3 is 14.5 Å². The smallest absolute Gasteiger partial charge is 0.425 e. The van der Waals surface area contributed by atoms with Gasteiger partial charge in [0.1, 0.15) is 0 Å². The summed E-state index contributed by atoms with van der Waals surface area (Å²) in [5.41, 5.74) is 3.40. The van der Waals surface area contributed by atoms with Gasteiger partial charge in [0.2, 0.25) is 0 Å². The molecule has 0 bridgehead atoms. The third-order valence-corrected chi connectivity index (χ3v) is 5.85. The van der Waals surface area contributed by atoms with E-state index in [2.05, 4.69) is 26.7 Å². The number of alkyl halides is 4. The molecule has 30 heavy (non-hydrogen) atoms. The quantitative estimate of drug-likeness (QED) is 0.661. The Morgan fingerprint density at radius 2 is 1.90 bits per heavy atom. The van der Waals surface area contributed by atoms with Gasteiger partial charge in [0.25, 0.3) is 0 Å². The number of rotatable bonds is 5. The zero-order valence-electron chi connectivity index (χ0n) is 17.4. The number of anilines is 1. The first-order valence-electron chi connectivity index (χ1n) is 10.3. The van der Waals surface area contributed by atoms with Crippen molar-refractivity contribution in [3.63, 3.8) is 0 Å². The van der Waals surface area contributed by atoms with Crippen LogP contribution in [-0.2, 0) is 11.3 Å². The number of carbonyl (C=O) groups excluding carboxylic acids is 1. The Balaban J connectivity index is 1.57. The van der Waals surface area contributed by atoms with E-state index in [0.29, 0.717) is 39.3 Å². The maximum Gasteiger partial charge on any atom is 0.425 e. The Kier molecular flexibility index (Phi) is 7.10. The van der Waals surface area contributed by atoms with E-state index in [1.54, 1.807) is 0 Å². The average Bonchev–Trinajstić information content (AvgIpc) is 3.18. The molecule has 0 aliphatic carbocycles. The first-order chi connectivity index (χ1) is 14.2. The summed E-state index contributed by atoms with van der Waals surface area (Å²) >= 11 is 0. The van der Waals surface area contributed by atoms with Crippen molar-refractivity contribution < 1.29 is 27.1 Å². The Hall–Kier alpha value is -2.03. The molecule has 2 saturated heterocycles. The van der Waals surface area contributed by atoms with Gasteiger partial charge in [0, 0.05) is 57.4 Å². The first kappa shape index (κ1) is 22.7. The Labute approximate surface area is 174 Å². The number of hydrogen-bond donors (Lipinski definition) is 0. The predicted octanol–water partition coefficient (Wildman–Crippen LogP) is 4.00. The summed E-state index contributed by atoms with van der Waals surface area (Å²) in [5, 5.41) is 0. The van der Waals surface area contributed by atoms with Gasteiger partial charge in [0.15, 0.2) is 6.10 Å². The predicted molar refractivity (Wildman–Crippen MR) is 106 cm³/mol. The van der Waals surface area contributed by atoms with Gasteiger partial charge in [-0.3, -0.25) is 9.29 Å². The molecule has 1 aromatic rings. The van der Waals surface area contributed by atoms with Crippen LogP contribution in [0.1, 0.15) is 24.5 Å². The van der Waals surface area contributed by atoms with Crippen LogP contribution >= 0.6 is 0 Å². The van der Waals surface area contributed by atoms with Gasteiger partial charge in [-0.1, -0.05) is 12.1 Å². The van der Waals surface area contributed by atoms with Crippen LogP contribution in [0, 0.1) is 12.8 Å². The van der Waals surface area contributed by atoms with Crippen LogP contribution in [-0.4, -0.2) is 74.1 Å². The molecule has 3 rings (SSSR count). The number of hydrogen-bond acceptors (Lipinski definition) is 4. The minimum atomic E-state index is -4.56. The molecule has 0 radical (unpaired) electrons. The third-order valence-electron chi connectivity index (χ3n) is 5.85. The molecular formula is C21H29F4N3O2. The topological polar surface area (TPSA) is 36.0 Å². The molecule has 2 aliphatic heterocycles. The summed E-state index contributed by atoms with van der Waals surface area (Å²) in [6, 6.07) is 6.26. The van der Waals surface area contributed by atoms with Crippen molar-refractivity contribution in [3.05, 3.63) is 29.3 Å². The van der Waals surface area contributed by atoms with E-state index in [1.165, 1.54) is 4.90 Å². The van der Waals surface area contributed by atoms with Crippen LogP contribution < -0.4 is 4.90 Å². The summed E-state index contributed by atoms with van der Waals surface area (Å²) in [6.45, 7) is 6.52. The Bertz CT molecular complexity index is 735. The minimum Gasteiger partial charge on any atom is -0.437 e. The fraction of sp³-hybridized carbons (Fsp3) is 0.667. The summed E-state index contributed by atoms with van der Waals surface area (Å²) in [4.78, 5) is 17.7. The molecule has 168 valence electrons. The van der Waals surface area contributed by atoms with E-state index in [9.17, 15) is 22.4 Å². The molecule has 1 aromatic carbocycles. The maximum absolute atomic E-state index is 13.0. The largest absolute Gasteiger partial charge is 0.437 e. The van der Waals surface area contributed by atoms with E-state index in [4.69, 9.17) is 0 Å². The standard InChI is InChI=1S/C21H29F4N3O2/c1-15-3-4-18(19(11-15)28-6-5-17(12-22)13-28)14-26-7-9-27(10-8-26)20(29)30-16(2)21(23,24)25/h3-4,11,16-17H,5-10,12-14H2,1-2H3/t16?,17-/m1/s1. The summed E-state index contributed by atoms with van der Waals surface area (Å²) in [7, 11) is 0. The number of piperazine rings is 1. The zero-order chi connectivity index (χ0) is 21.9. The molecule has 0 saturated carbocycles. The number of carbonyl (C=O) groups is 1. The number of ether oxygens (including phenoxy) is 1. The molecule has 2 aliphatic rings. The van der Waals surface area contributed by atoms with Crippen LogP contribution in [0.4, 0.5) is 28.0 Å².